The Bertz CT molecular complexity index is 487. The van der Waals surface area contributed by atoms with E-state index in [4.69, 9.17) is 0 Å². The molecule has 0 spiro atoms. The van der Waals surface area contributed by atoms with E-state index in [-0.39, 0.29) is 57.5 Å². The molecule has 0 aliphatic heterocycles. The molecule has 0 saturated heterocycles. The molecule has 2 nitrogen and oxygen atoms in total. The van der Waals surface area contributed by atoms with E-state index >= 15 is 0 Å². The zero-order valence-electron chi connectivity index (χ0n) is 8.58. The Morgan fingerprint density at radius 3 is 2.06 bits per heavy atom. The summed E-state index contributed by atoms with van der Waals surface area (Å²) in [6.45, 7) is -5.41. The summed E-state index contributed by atoms with van der Waals surface area (Å²) in [7, 11) is -4.98. The van der Waals surface area contributed by atoms with E-state index < -0.39 is 32.9 Å². The van der Waals surface area contributed by atoms with Gasteiger partial charge in [-0.05, 0) is 6.07 Å². The number of sulfone groups is 1. The van der Waals surface area contributed by atoms with Gasteiger partial charge in [0.1, 0.15) is 0 Å². The number of benzene rings is 1. The van der Waals surface area contributed by atoms with Gasteiger partial charge >= 0.3 is 64.1 Å². The van der Waals surface area contributed by atoms with Crippen molar-refractivity contribution in [1.82, 2.24) is 0 Å². The third-order valence-electron chi connectivity index (χ3n) is 1.80. The van der Waals surface area contributed by atoms with Crippen molar-refractivity contribution in [3.63, 3.8) is 0 Å². The van der Waals surface area contributed by atoms with Crippen LogP contribution in [0.2, 0.25) is 0 Å². The molecular formula is C7H5BF5KO2S. The van der Waals surface area contributed by atoms with E-state index in [1.807, 2.05) is 0 Å². The molecule has 0 aliphatic carbocycles. The van der Waals surface area contributed by atoms with Gasteiger partial charge < -0.3 is 12.9 Å². The fourth-order valence-corrected chi connectivity index (χ4v) is 1.77. The molecule has 0 saturated carbocycles. The standard InChI is InChI=1S/C7H5BF5O2S.K/c9-7(10)16(14,15)6-3-1-2-5(4-6)8(11,12)13;/h1-4,7H;/q-1;+1. The molecule has 0 aromatic heterocycles. The molecule has 0 radical (unpaired) electrons. The van der Waals surface area contributed by atoms with E-state index in [2.05, 4.69) is 0 Å². The topological polar surface area (TPSA) is 34.1 Å². The van der Waals surface area contributed by atoms with Gasteiger partial charge in [-0.2, -0.15) is 8.78 Å². The van der Waals surface area contributed by atoms with Crippen LogP contribution in [-0.4, -0.2) is 21.2 Å². The molecule has 0 aliphatic rings. The minimum atomic E-state index is -5.41. The van der Waals surface area contributed by atoms with Gasteiger partial charge in [0.05, 0.1) is 4.90 Å². The second kappa shape index (κ2) is 6.11. The van der Waals surface area contributed by atoms with Crippen LogP contribution in [0.3, 0.4) is 0 Å². The Balaban J connectivity index is 0.00000256. The predicted octanol–water partition coefficient (Wildman–Crippen LogP) is -1.26. The zero-order valence-corrected chi connectivity index (χ0v) is 12.5. The first kappa shape index (κ1) is 17.5. The summed E-state index contributed by atoms with van der Waals surface area (Å²) in [4.78, 5) is -1.03. The molecule has 0 heterocycles. The van der Waals surface area contributed by atoms with Crippen molar-refractivity contribution in [3.05, 3.63) is 24.3 Å². The summed E-state index contributed by atoms with van der Waals surface area (Å²) in [6.07, 6.45) is 0. The molecule has 1 rings (SSSR count). The number of alkyl halides is 2. The van der Waals surface area contributed by atoms with E-state index in [1.54, 1.807) is 0 Å². The predicted molar refractivity (Wildman–Crippen MR) is 48.3 cm³/mol. The molecule has 1 aromatic carbocycles. The molecule has 1 aromatic rings. The summed E-state index contributed by atoms with van der Waals surface area (Å²) in [6, 6.07) is 2.32. The Morgan fingerprint density at radius 2 is 1.65 bits per heavy atom. The van der Waals surface area contributed by atoms with Gasteiger partial charge in [0.15, 0.2) is 0 Å². The molecule has 0 amide bonds. The quantitative estimate of drug-likeness (QED) is 0.516. The monoisotopic (exact) mass is 298 g/mol. The molecule has 90 valence electrons. The second-order valence-electron chi connectivity index (χ2n) is 2.95. The van der Waals surface area contributed by atoms with Crippen LogP contribution in [0.4, 0.5) is 21.7 Å². The van der Waals surface area contributed by atoms with Crippen LogP contribution in [0.15, 0.2) is 29.2 Å². The second-order valence-corrected chi connectivity index (χ2v) is 4.87. The van der Waals surface area contributed by atoms with Crippen LogP contribution in [0.25, 0.3) is 0 Å². The van der Waals surface area contributed by atoms with Crippen LogP contribution < -0.4 is 56.8 Å². The van der Waals surface area contributed by atoms with Crippen molar-refractivity contribution in [1.29, 1.82) is 0 Å². The number of hydrogen-bond acceptors (Lipinski definition) is 2. The maximum atomic E-state index is 12.2. The maximum absolute atomic E-state index is 12.2. The summed E-state index contributed by atoms with van der Waals surface area (Å²) in [5.41, 5.74) is -1.22. The molecule has 10 heteroatoms. The molecule has 0 bridgehead atoms. The van der Waals surface area contributed by atoms with Crippen LogP contribution in [0.5, 0.6) is 0 Å². The molecule has 0 atom stereocenters. The van der Waals surface area contributed by atoms with Crippen molar-refractivity contribution in [2.45, 2.75) is 10.7 Å². The van der Waals surface area contributed by atoms with Crippen molar-refractivity contribution in [2.24, 2.45) is 0 Å². The smallest absolute Gasteiger partial charge is 0.445 e. The first-order valence-corrected chi connectivity index (χ1v) is 5.52. The third kappa shape index (κ3) is 4.28. The SMILES string of the molecule is O=S(=O)(c1cccc([B-](F)(F)F)c1)C(F)F.[K+]. The summed E-state index contributed by atoms with van der Waals surface area (Å²) in [5, 5.41) is 0. The van der Waals surface area contributed by atoms with Crippen LogP contribution >= 0.6 is 0 Å². The van der Waals surface area contributed by atoms with Gasteiger partial charge in [-0.25, -0.2) is 8.42 Å². The van der Waals surface area contributed by atoms with Gasteiger partial charge in [-0.15, -0.1) is 5.46 Å². The average Bonchev–Trinajstić information content (AvgIpc) is 2.16. The molecule has 0 fully saturated rings. The summed E-state index contributed by atoms with van der Waals surface area (Å²) >= 11 is 0. The number of rotatable bonds is 3. The van der Waals surface area contributed by atoms with Gasteiger partial charge in [0.25, 0.3) is 0 Å². The van der Waals surface area contributed by atoms with Crippen LogP contribution in [0, 0.1) is 0 Å². The largest absolute Gasteiger partial charge is 1.00 e. The number of halogens is 5. The van der Waals surface area contributed by atoms with E-state index in [9.17, 15) is 30.1 Å². The first-order chi connectivity index (χ1) is 7.15. The number of hydrogen-bond donors (Lipinski definition) is 0. The van der Waals surface area contributed by atoms with Crippen LogP contribution in [0.1, 0.15) is 0 Å². The minimum absolute atomic E-state index is 0. The first-order valence-electron chi connectivity index (χ1n) is 3.97. The Kier molecular flexibility index (Phi) is 6.30. The fraction of sp³-hybridized carbons (Fsp3) is 0.143. The zero-order chi connectivity index (χ0) is 12.6. The summed E-state index contributed by atoms with van der Waals surface area (Å²) in [5.74, 6) is -3.73. The van der Waals surface area contributed by atoms with Gasteiger partial charge in [0, 0.05) is 0 Å². The van der Waals surface area contributed by atoms with Gasteiger partial charge in [0.2, 0.25) is 9.84 Å². The van der Waals surface area contributed by atoms with Gasteiger partial charge in [-0.3, -0.25) is 0 Å². The normalized spacial score (nSPS) is 12.4. The van der Waals surface area contributed by atoms with Crippen LogP contribution in [-0.2, 0) is 9.84 Å². The minimum Gasteiger partial charge on any atom is -0.445 e. The molecule has 0 N–H and O–H groups in total. The molecule has 0 unspecified atom stereocenters. The third-order valence-corrected chi connectivity index (χ3v) is 3.18. The van der Waals surface area contributed by atoms with Crippen molar-refractivity contribution in [2.75, 3.05) is 0 Å². The van der Waals surface area contributed by atoms with E-state index in [0.717, 1.165) is 6.07 Å². The van der Waals surface area contributed by atoms with Gasteiger partial charge in [-0.1, -0.05) is 18.2 Å². The van der Waals surface area contributed by atoms with E-state index in [1.165, 1.54) is 0 Å². The Labute approximate surface area is 137 Å². The molecule has 17 heavy (non-hydrogen) atoms. The maximum Gasteiger partial charge on any atom is 1.00 e. The fourth-order valence-electron chi connectivity index (χ4n) is 0.998. The van der Waals surface area contributed by atoms with Crippen molar-refractivity contribution < 1.29 is 81.5 Å². The van der Waals surface area contributed by atoms with Crippen molar-refractivity contribution >= 4 is 22.3 Å². The Hall–Kier alpha value is 0.521. The molecular weight excluding hydrogens is 293 g/mol. The average molecular weight is 298 g/mol. The summed E-state index contributed by atoms with van der Waals surface area (Å²) < 4.78 is 82.6. The Morgan fingerprint density at radius 1 is 1.12 bits per heavy atom. The van der Waals surface area contributed by atoms with E-state index in [0.29, 0.717) is 12.1 Å². The van der Waals surface area contributed by atoms with Crippen molar-refractivity contribution in [3.8, 4) is 0 Å².